The summed E-state index contributed by atoms with van der Waals surface area (Å²) in [5.41, 5.74) is 0.303. The van der Waals surface area contributed by atoms with Crippen molar-refractivity contribution in [1.29, 1.82) is 5.26 Å². The number of allylic oxidation sites excluding steroid dienone is 1. The molecule has 0 heterocycles. The molecular formula is C15H11F7N2O. The third-order valence-corrected chi connectivity index (χ3v) is 3.11. The predicted octanol–water partition coefficient (Wildman–Crippen LogP) is 4.13. The van der Waals surface area contributed by atoms with Gasteiger partial charge in [0.25, 0.3) is 5.91 Å². The number of rotatable bonds is 5. The molecule has 0 fully saturated rings. The maximum atomic E-state index is 13.3. The lowest BCUT2D eigenvalue weighted by atomic mass is 10.1. The Labute approximate surface area is 137 Å². The molecule has 0 radical (unpaired) electrons. The summed E-state index contributed by atoms with van der Waals surface area (Å²) in [4.78, 5) is 12.0. The molecule has 0 unspecified atom stereocenters. The number of hydrogen-bond acceptors (Lipinski definition) is 2. The fraction of sp³-hybridized carbons (Fsp3) is 0.333. The molecule has 1 aromatic rings. The van der Waals surface area contributed by atoms with Gasteiger partial charge in [0.15, 0.2) is 0 Å². The van der Waals surface area contributed by atoms with Crippen molar-refractivity contribution >= 4 is 12.0 Å². The number of nitrogens with zero attached hydrogens (tertiary/aromatic N) is 2. The van der Waals surface area contributed by atoms with Gasteiger partial charge in [-0.2, -0.15) is 36.0 Å². The lowest BCUT2D eigenvalue weighted by Crippen LogP contribution is -2.57. The molecule has 1 amide bonds. The summed E-state index contributed by atoms with van der Waals surface area (Å²) < 4.78 is 88.6. The number of benzene rings is 1. The molecule has 0 atom stereocenters. The van der Waals surface area contributed by atoms with Crippen LogP contribution in [-0.2, 0) is 0 Å². The standard InChI is InChI=1S/C15H11F7N2O/c1-24(9-13(16,17)14(18,19)15(20,21)22)12(25)11-6-4-10(5-7-11)3-2-8-23/h2-7H,9H2,1H3/b3-2+. The molecule has 0 aliphatic heterocycles. The summed E-state index contributed by atoms with van der Waals surface area (Å²) in [5.74, 6) is -12.9. The van der Waals surface area contributed by atoms with Crippen LogP contribution in [0.4, 0.5) is 30.7 Å². The van der Waals surface area contributed by atoms with Gasteiger partial charge in [-0.15, -0.1) is 0 Å². The summed E-state index contributed by atoms with van der Waals surface area (Å²) in [5, 5.41) is 8.36. The first-order valence-electron chi connectivity index (χ1n) is 6.57. The first kappa shape index (κ1) is 20.5. The molecule has 0 aliphatic rings. The molecule has 0 aliphatic carbocycles. The predicted molar refractivity (Wildman–Crippen MR) is 74.0 cm³/mol. The molecule has 0 N–H and O–H groups in total. The van der Waals surface area contributed by atoms with Gasteiger partial charge in [-0.3, -0.25) is 4.79 Å². The second-order valence-corrected chi connectivity index (χ2v) is 5.02. The Morgan fingerprint density at radius 3 is 2.08 bits per heavy atom. The van der Waals surface area contributed by atoms with E-state index in [1.165, 1.54) is 18.2 Å². The van der Waals surface area contributed by atoms with Crippen molar-refractivity contribution in [2.45, 2.75) is 18.0 Å². The number of halogens is 7. The van der Waals surface area contributed by atoms with E-state index in [4.69, 9.17) is 5.26 Å². The summed E-state index contributed by atoms with van der Waals surface area (Å²) in [6, 6.07) is 6.74. The Morgan fingerprint density at radius 1 is 1.12 bits per heavy atom. The lowest BCUT2D eigenvalue weighted by Gasteiger charge is -2.31. The minimum absolute atomic E-state index is 0.0831. The first-order valence-corrected chi connectivity index (χ1v) is 6.57. The van der Waals surface area contributed by atoms with E-state index in [0.29, 0.717) is 12.6 Å². The van der Waals surface area contributed by atoms with Crippen molar-refractivity contribution in [2.24, 2.45) is 0 Å². The maximum absolute atomic E-state index is 13.3. The molecule has 136 valence electrons. The molecule has 0 spiro atoms. The van der Waals surface area contributed by atoms with Gasteiger partial charge in [-0.05, 0) is 23.8 Å². The quantitative estimate of drug-likeness (QED) is 0.580. The number of carbonyl (C=O) groups excluding carboxylic acids is 1. The van der Waals surface area contributed by atoms with Gasteiger partial charge in [0.05, 0.1) is 12.6 Å². The fourth-order valence-electron chi connectivity index (χ4n) is 1.77. The van der Waals surface area contributed by atoms with Crippen LogP contribution in [0.2, 0.25) is 0 Å². The monoisotopic (exact) mass is 368 g/mol. The molecule has 0 saturated carbocycles. The Bertz CT molecular complexity index is 687. The zero-order valence-electron chi connectivity index (χ0n) is 12.6. The van der Waals surface area contributed by atoms with Crippen LogP contribution in [0.3, 0.4) is 0 Å². The zero-order valence-corrected chi connectivity index (χ0v) is 12.6. The Morgan fingerprint density at radius 2 is 1.64 bits per heavy atom. The summed E-state index contributed by atoms with van der Waals surface area (Å²) in [6.45, 7) is -2.12. The van der Waals surface area contributed by atoms with Crippen molar-refractivity contribution in [3.8, 4) is 6.07 Å². The molecule has 0 aromatic heterocycles. The van der Waals surface area contributed by atoms with Gasteiger partial charge < -0.3 is 4.90 Å². The van der Waals surface area contributed by atoms with Crippen molar-refractivity contribution in [3.05, 3.63) is 41.5 Å². The second-order valence-electron chi connectivity index (χ2n) is 5.02. The van der Waals surface area contributed by atoms with E-state index in [-0.39, 0.29) is 10.5 Å². The van der Waals surface area contributed by atoms with Gasteiger partial charge in [0, 0.05) is 18.7 Å². The zero-order chi connectivity index (χ0) is 19.5. The van der Waals surface area contributed by atoms with Crippen LogP contribution >= 0.6 is 0 Å². The number of alkyl halides is 7. The average molecular weight is 368 g/mol. The number of amides is 1. The Kier molecular flexibility index (Phi) is 5.84. The Hall–Kier alpha value is -2.57. The summed E-state index contributed by atoms with van der Waals surface area (Å²) in [6.07, 6.45) is -3.92. The van der Waals surface area contributed by atoms with Crippen molar-refractivity contribution in [1.82, 2.24) is 4.90 Å². The first-order chi connectivity index (χ1) is 11.3. The van der Waals surface area contributed by atoms with E-state index in [9.17, 15) is 35.5 Å². The molecule has 1 rings (SSSR count). The smallest absolute Gasteiger partial charge is 0.335 e. The van der Waals surface area contributed by atoms with E-state index in [0.717, 1.165) is 18.2 Å². The highest BCUT2D eigenvalue weighted by atomic mass is 19.4. The lowest BCUT2D eigenvalue weighted by molar-refractivity contribution is -0.355. The second kappa shape index (κ2) is 7.13. The normalized spacial score (nSPS) is 12.9. The third kappa shape index (κ3) is 4.49. The van der Waals surface area contributed by atoms with Gasteiger partial charge in [0.2, 0.25) is 0 Å². The minimum Gasteiger partial charge on any atom is -0.335 e. The fourth-order valence-corrected chi connectivity index (χ4v) is 1.77. The molecule has 0 saturated heterocycles. The van der Waals surface area contributed by atoms with Crippen LogP contribution in [0.25, 0.3) is 6.08 Å². The Balaban J connectivity index is 2.93. The van der Waals surface area contributed by atoms with Gasteiger partial charge in [-0.1, -0.05) is 12.1 Å². The highest BCUT2D eigenvalue weighted by molar-refractivity contribution is 5.94. The van der Waals surface area contributed by atoms with Crippen molar-refractivity contribution in [2.75, 3.05) is 13.6 Å². The molecule has 3 nitrogen and oxygen atoms in total. The molecular weight excluding hydrogens is 357 g/mol. The van der Waals surface area contributed by atoms with Crippen molar-refractivity contribution in [3.63, 3.8) is 0 Å². The van der Waals surface area contributed by atoms with Crippen LogP contribution in [0.5, 0.6) is 0 Å². The van der Waals surface area contributed by atoms with Gasteiger partial charge in [-0.25, -0.2) is 0 Å². The molecule has 25 heavy (non-hydrogen) atoms. The average Bonchev–Trinajstić information content (AvgIpc) is 2.51. The van der Waals surface area contributed by atoms with E-state index >= 15 is 0 Å². The highest BCUT2D eigenvalue weighted by Gasteiger charge is 2.73. The maximum Gasteiger partial charge on any atom is 0.459 e. The van der Waals surface area contributed by atoms with Crippen molar-refractivity contribution < 1.29 is 35.5 Å². The highest BCUT2D eigenvalue weighted by Crippen LogP contribution is 2.46. The number of nitriles is 1. The molecule has 10 heteroatoms. The summed E-state index contributed by atoms with van der Waals surface area (Å²) >= 11 is 0. The van der Waals surface area contributed by atoms with Crippen LogP contribution in [-0.4, -0.2) is 42.4 Å². The van der Waals surface area contributed by atoms with Gasteiger partial charge >= 0.3 is 18.0 Å². The molecule has 0 bridgehead atoms. The van der Waals surface area contributed by atoms with E-state index in [1.54, 1.807) is 6.07 Å². The number of hydrogen-bond donors (Lipinski definition) is 0. The van der Waals surface area contributed by atoms with E-state index in [2.05, 4.69) is 0 Å². The van der Waals surface area contributed by atoms with Crippen LogP contribution in [0, 0.1) is 11.3 Å². The van der Waals surface area contributed by atoms with Gasteiger partial charge in [0.1, 0.15) is 0 Å². The van der Waals surface area contributed by atoms with Crippen LogP contribution in [0.15, 0.2) is 30.3 Å². The SMILES string of the molecule is CN(CC(F)(F)C(F)(F)C(F)(F)F)C(=O)c1ccc(/C=C/C#N)cc1. The van der Waals surface area contributed by atoms with E-state index in [1.807, 2.05) is 0 Å². The van der Waals surface area contributed by atoms with E-state index < -0.39 is 30.5 Å². The largest absolute Gasteiger partial charge is 0.459 e. The topological polar surface area (TPSA) is 44.1 Å². The van der Waals surface area contributed by atoms with Crippen LogP contribution in [0.1, 0.15) is 15.9 Å². The summed E-state index contributed by atoms with van der Waals surface area (Å²) in [7, 11) is 0.687. The minimum atomic E-state index is -6.45. The number of carbonyl (C=O) groups is 1. The molecule has 1 aromatic carbocycles. The third-order valence-electron chi connectivity index (χ3n) is 3.11. The van der Waals surface area contributed by atoms with Crippen LogP contribution < -0.4 is 0 Å².